The van der Waals surface area contributed by atoms with E-state index in [1.54, 1.807) is 0 Å². The van der Waals surface area contributed by atoms with Crippen LogP contribution in [0.1, 0.15) is 0 Å². The smallest absolute Gasteiger partial charge is 0.238 e. The van der Waals surface area contributed by atoms with Gasteiger partial charge in [0, 0.05) is 88.2 Å². The van der Waals surface area contributed by atoms with E-state index in [0.29, 0.717) is 35.2 Å². The molecule has 7 aromatic heterocycles. The zero-order valence-electron chi connectivity index (χ0n) is 40.6. The number of hydrogen-bond donors (Lipinski definition) is 0. The Kier molecular flexibility index (Phi) is 8.58. The molecule has 358 valence electrons. The number of benzene rings is 10. The molecule has 7 heterocycles. The van der Waals surface area contributed by atoms with Crippen molar-refractivity contribution in [3.8, 4) is 57.4 Å². The number of nitrogens with zero attached hydrogens (tertiary/aromatic N) is 8. The first-order valence-electron chi connectivity index (χ1n) is 25.4. The van der Waals surface area contributed by atoms with Gasteiger partial charge in [0.2, 0.25) is 11.9 Å². The van der Waals surface area contributed by atoms with Crippen LogP contribution in [0.5, 0.6) is 0 Å². The van der Waals surface area contributed by atoms with Crippen LogP contribution in [0.4, 0.5) is 0 Å². The maximum atomic E-state index is 7.02. The number of aromatic nitrogens is 8. The predicted molar refractivity (Wildman–Crippen MR) is 305 cm³/mol. The third-order valence-corrected chi connectivity index (χ3v) is 15.1. The van der Waals surface area contributed by atoms with Gasteiger partial charge in [-0.2, -0.15) is 19.9 Å². The van der Waals surface area contributed by atoms with Crippen molar-refractivity contribution in [3.63, 3.8) is 0 Å². The van der Waals surface area contributed by atoms with Crippen molar-refractivity contribution in [2.75, 3.05) is 0 Å². The van der Waals surface area contributed by atoms with Crippen molar-refractivity contribution in [3.05, 3.63) is 218 Å². The number of furan rings is 3. The Morgan fingerprint density at radius 3 is 1.09 bits per heavy atom. The molecule has 11 nitrogen and oxygen atoms in total. The lowest BCUT2D eigenvalue weighted by atomic mass is 10.1. The molecule has 0 fully saturated rings. The van der Waals surface area contributed by atoms with E-state index in [9.17, 15) is 0 Å². The van der Waals surface area contributed by atoms with Crippen molar-refractivity contribution in [2.45, 2.75) is 0 Å². The normalized spacial score (nSPS) is 12.2. The third kappa shape index (κ3) is 6.19. The SMILES string of the molecule is c1ccc(-c2nc(-c3cccc4oc5ccccc5c34)nc(-n3c4ccccc4c4cc5c(cc43)oc3cc4c(cc35)c3ccccc3n4-c3nc(-c4ccccc4)nc(-c4cccc5oc6ccccc6c45)n3)n2)cc1. The summed E-state index contributed by atoms with van der Waals surface area (Å²) in [5.74, 6) is 3.15. The van der Waals surface area contributed by atoms with Crippen LogP contribution in [0.3, 0.4) is 0 Å². The first kappa shape index (κ1) is 41.7. The van der Waals surface area contributed by atoms with Crippen LogP contribution in [-0.2, 0) is 0 Å². The van der Waals surface area contributed by atoms with Gasteiger partial charge in [-0.25, -0.2) is 9.97 Å². The third-order valence-electron chi connectivity index (χ3n) is 15.1. The van der Waals surface area contributed by atoms with Gasteiger partial charge in [0.15, 0.2) is 23.3 Å². The molecule has 17 rings (SSSR count). The average molecular weight is 989 g/mol. The highest BCUT2D eigenvalue weighted by Gasteiger charge is 2.25. The highest BCUT2D eigenvalue weighted by Crippen LogP contribution is 2.43. The zero-order chi connectivity index (χ0) is 50.3. The Bertz CT molecular complexity index is 4970. The van der Waals surface area contributed by atoms with E-state index < -0.39 is 0 Å². The molecule has 0 N–H and O–H groups in total. The summed E-state index contributed by atoms with van der Waals surface area (Å²) in [5.41, 5.74) is 11.7. The first-order chi connectivity index (χ1) is 38.1. The fourth-order valence-corrected chi connectivity index (χ4v) is 11.7. The fraction of sp³-hybridized carbons (Fsp3) is 0. The lowest BCUT2D eigenvalue weighted by Gasteiger charge is -2.11. The Morgan fingerprint density at radius 1 is 0.247 bits per heavy atom. The monoisotopic (exact) mass is 988 g/mol. The lowest BCUT2D eigenvalue weighted by molar-refractivity contribution is 0.668. The van der Waals surface area contributed by atoms with Gasteiger partial charge in [-0.3, -0.25) is 9.13 Å². The van der Waals surface area contributed by atoms with Crippen molar-refractivity contribution in [2.24, 2.45) is 0 Å². The topological polar surface area (TPSA) is 127 Å². The Balaban J connectivity index is 0.894. The summed E-state index contributed by atoms with van der Waals surface area (Å²) < 4.78 is 24.0. The molecule has 0 amide bonds. The minimum Gasteiger partial charge on any atom is -0.456 e. The van der Waals surface area contributed by atoms with Crippen LogP contribution in [0, 0.1) is 0 Å². The van der Waals surface area contributed by atoms with Crippen molar-refractivity contribution in [1.29, 1.82) is 0 Å². The summed E-state index contributed by atoms with van der Waals surface area (Å²) in [4.78, 5) is 31.6. The summed E-state index contributed by atoms with van der Waals surface area (Å²) in [5, 5.41) is 10.1. The molecule has 77 heavy (non-hydrogen) atoms. The molecular formula is C66H36N8O3. The molecule has 0 saturated heterocycles. The van der Waals surface area contributed by atoms with Gasteiger partial charge in [0.05, 0.1) is 22.1 Å². The number of rotatable bonds is 6. The van der Waals surface area contributed by atoms with Crippen LogP contribution in [0.15, 0.2) is 232 Å². The van der Waals surface area contributed by atoms with Crippen molar-refractivity contribution >= 4 is 109 Å². The molecule has 11 heteroatoms. The summed E-state index contributed by atoms with van der Waals surface area (Å²) in [6.45, 7) is 0. The van der Waals surface area contributed by atoms with E-state index in [-0.39, 0.29) is 0 Å². The van der Waals surface area contributed by atoms with Crippen LogP contribution >= 0.6 is 0 Å². The molecule has 0 atom stereocenters. The molecule has 0 unspecified atom stereocenters. The predicted octanol–water partition coefficient (Wildman–Crippen LogP) is 16.6. The van der Waals surface area contributed by atoms with Gasteiger partial charge in [0.1, 0.15) is 33.5 Å². The highest BCUT2D eigenvalue weighted by molar-refractivity contribution is 6.21. The molecule has 0 radical (unpaired) electrons. The Labute approximate surface area is 435 Å². The number of para-hydroxylation sites is 4. The van der Waals surface area contributed by atoms with Gasteiger partial charge in [-0.1, -0.05) is 158 Å². The van der Waals surface area contributed by atoms with Crippen molar-refractivity contribution in [1.82, 2.24) is 39.0 Å². The molecule has 0 saturated carbocycles. The van der Waals surface area contributed by atoms with Crippen LogP contribution in [0.25, 0.3) is 167 Å². The lowest BCUT2D eigenvalue weighted by Crippen LogP contribution is -2.06. The first-order valence-corrected chi connectivity index (χ1v) is 25.4. The summed E-state index contributed by atoms with van der Waals surface area (Å²) in [7, 11) is 0. The molecule has 0 aliphatic heterocycles. The van der Waals surface area contributed by atoms with Crippen LogP contribution < -0.4 is 0 Å². The van der Waals surface area contributed by atoms with Gasteiger partial charge in [-0.05, 0) is 48.5 Å². The van der Waals surface area contributed by atoms with Gasteiger partial charge < -0.3 is 13.3 Å². The van der Waals surface area contributed by atoms with Gasteiger partial charge in [0.25, 0.3) is 0 Å². The summed E-state index contributed by atoms with van der Waals surface area (Å²) >= 11 is 0. The highest BCUT2D eigenvalue weighted by atomic mass is 16.3. The van der Waals surface area contributed by atoms with E-state index in [1.165, 1.54) is 0 Å². The van der Waals surface area contributed by atoms with E-state index in [1.807, 2.05) is 121 Å². The fourth-order valence-electron chi connectivity index (χ4n) is 11.7. The molecule has 0 spiro atoms. The quantitative estimate of drug-likeness (QED) is 0.160. The molecule has 10 aromatic carbocycles. The average Bonchev–Trinajstić information content (AvgIpc) is 4.43. The number of hydrogen-bond acceptors (Lipinski definition) is 9. The van der Waals surface area contributed by atoms with Gasteiger partial charge >= 0.3 is 0 Å². The Hall–Kier alpha value is -10.8. The number of fused-ring (bicyclic) bond motifs is 15. The van der Waals surface area contributed by atoms with Crippen LogP contribution in [0.2, 0.25) is 0 Å². The second-order valence-electron chi connectivity index (χ2n) is 19.4. The van der Waals surface area contributed by atoms with E-state index >= 15 is 0 Å². The Morgan fingerprint density at radius 2 is 0.623 bits per heavy atom. The summed E-state index contributed by atoms with van der Waals surface area (Å²) in [6, 6.07) is 74.0. The maximum Gasteiger partial charge on any atom is 0.238 e. The molecule has 0 aliphatic carbocycles. The summed E-state index contributed by atoms with van der Waals surface area (Å²) in [6.07, 6.45) is 0. The van der Waals surface area contributed by atoms with E-state index in [4.69, 9.17) is 43.2 Å². The molecule has 0 aliphatic rings. The largest absolute Gasteiger partial charge is 0.456 e. The molecule has 17 aromatic rings. The molecular weight excluding hydrogens is 953 g/mol. The van der Waals surface area contributed by atoms with Gasteiger partial charge in [-0.15, -0.1) is 0 Å². The second kappa shape index (κ2) is 15.9. The van der Waals surface area contributed by atoms with E-state index in [0.717, 1.165) is 132 Å². The van der Waals surface area contributed by atoms with E-state index in [2.05, 4.69) is 106 Å². The standard InChI is InChI=1S/C66H36N8O3/c1-3-17-37(18-4-1)61-67-63(43-25-15-31-55-59(43)41-23-9-13-29-53(41)75-55)71-65(69-61)73-49-27-11-7-21-39(49)45-33-47-48-34-46-40-22-8-12-28-50(40)74(52(46)36-58(48)77-57(47)35-51(45)73)66-70-62(38-19-5-2-6-20-38)68-64(72-66)44-26-16-32-56-60(44)42-24-10-14-30-54(42)76-56/h1-36H. The minimum absolute atomic E-state index is 0.482. The maximum absolute atomic E-state index is 7.02. The second-order valence-corrected chi connectivity index (χ2v) is 19.4. The molecule has 0 bridgehead atoms. The van der Waals surface area contributed by atoms with Crippen LogP contribution in [-0.4, -0.2) is 39.0 Å². The zero-order valence-corrected chi connectivity index (χ0v) is 40.6. The minimum atomic E-state index is 0.482. The van der Waals surface area contributed by atoms with Crippen molar-refractivity contribution < 1.29 is 13.3 Å².